The number of hydrogen-bond acceptors (Lipinski definition) is 6. The maximum absolute atomic E-state index is 10.6. The smallest absolute Gasteiger partial charge is 0.303 e. The fourth-order valence-corrected chi connectivity index (χ4v) is 4.54. The van der Waals surface area contributed by atoms with Crippen LogP contribution < -0.4 is 4.74 Å². The van der Waals surface area contributed by atoms with Gasteiger partial charge in [-0.2, -0.15) is 0 Å². The molecular weight excluding hydrogens is 400 g/mol. The van der Waals surface area contributed by atoms with Crippen LogP contribution in [-0.4, -0.2) is 59.1 Å². The number of rotatable bonds is 12. The molecule has 1 saturated heterocycles. The van der Waals surface area contributed by atoms with Crippen LogP contribution in [0.5, 0.6) is 5.75 Å². The van der Waals surface area contributed by atoms with E-state index in [0.29, 0.717) is 51.7 Å². The van der Waals surface area contributed by atoms with Gasteiger partial charge in [0.2, 0.25) is 5.79 Å². The molecule has 1 aliphatic heterocycles. The number of hydrogen-bond donors (Lipinski definition) is 3. The van der Waals surface area contributed by atoms with Crippen molar-refractivity contribution in [3.8, 4) is 5.75 Å². The van der Waals surface area contributed by atoms with Crippen molar-refractivity contribution in [2.24, 2.45) is 11.8 Å². The monoisotopic (exact) mass is 434 g/mol. The van der Waals surface area contributed by atoms with E-state index >= 15 is 0 Å². The third-order valence-corrected chi connectivity index (χ3v) is 6.23. The topological polar surface area (TPSA) is 105 Å². The Hall–Kier alpha value is -1.93. The Bertz CT molecular complexity index is 699. The Labute approximate surface area is 183 Å². The van der Waals surface area contributed by atoms with Crippen molar-refractivity contribution in [2.75, 3.05) is 19.8 Å². The first-order chi connectivity index (χ1) is 15.0. The van der Waals surface area contributed by atoms with E-state index in [2.05, 4.69) is 0 Å². The number of carboxylic acid groups (broad SMARTS) is 1. The fraction of sp³-hybridized carbons (Fsp3) is 0.625. The molecule has 1 saturated carbocycles. The third-order valence-electron chi connectivity index (χ3n) is 6.23. The molecule has 0 amide bonds. The van der Waals surface area contributed by atoms with Gasteiger partial charge in [0.1, 0.15) is 12.4 Å². The summed E-state index contributed by atoms with van der Waals surface area (Å²) in [6.07, 6.45) is 6.58. The molecule has 3 N–H and O–H groups in total. The highest BCUT2D eigenvalue weighted by Gasteiger charge is 2.44. The van der Waals surface area contributed by atoms with Gasteiger partial charge in [-0.25, -0.2) is 0 Å². The molecule has 2 aliphatic rings. The van der Waals surface area contributed by atoms with Crippen molar-refractivity contribution in [1.82, 2.24) is 0 Å². The van der Waals surface area contributed by atoms with Crippen LogP contribution in [0.15, 0.2) is 42.5 Å². The summed E-state index contributed by atoms with van der Waals surface area (Å²) in [5.74, 6) is -0.966. The van der Waals surface area contributed by atoms with Crippen LogP contribution >= 0.6 is 0 Å². The number of para-hydroxylation sites is 1. The van der Waals surface area contributed by atoms with Gasteiger partial charge in [-0.05, 0) is 56.1 Å². The quantitative estimate of drug-likeness (QED) is 0.343. The second-order valence-corrected chi connectivity index (χ2v) is 8.44. The highest BCUT2D eigenvalue weighted by Crippen LogP contribution is 2.40. The van der Waals surface area contributed by atoms with E-state index in [9.17, 15) is 15.0 Å². The fourth-order valence-electron chi connectivity index (χ4n) is 4.54. The predicted molar refractivity (Wildman–Crippen MR) is 115 cm³/mol. The summed E-state index contributed by atoms with van der Waals surface area (Å²) in [5, 5.41) is 29.7. The minimum Gasteiger partial charge on any atom is -0.488 e. The lowest BCUT2D eigenvalue weighted by Gasteiger charge is -2.30. The zero-order valence-electron chi connectivity index (χ0n) is 17.9. The summed E-state index contributed by atoms with van der Waals surface area (Å²) in [5.41, 5.74) is 0. The highest BCUT2D eigenvalue weighted by molar-refractivity contribution is 5.66. The molecule has 0 aromatic heterocycles. The van der Waals surface area contributed by atoms with Gasteiger partial charge in [-0.1, -0.05) is 30.4 Å². The second-order valence-electron chi connectivity index (χ2n) is 8.44. The van der Waals surface area contributed by atoms with Gasteiger partial charge in [-0.15, -0.1) is 0 Å². The zero-order chi connectivity index (χ0) is 22.1. The van der Waals surface area contributed by atoms with Crippen molar-refractivity contribution in [3.05, 3.63) is 42.5 Å². The molecule has 7 heteroatoms. The molecule has 0 radical (unpaired) electrons. The summed E-state index contributed by atoms with van der Waals surface area (Å²) in [6.45, 7) is 1.30. The molecular formula is C24H34O7. The number of carboxylic acids is 1. The number of allylic oxidation sites excluding steroid dienone is 2. The van der Waals surface area contributed by atoms with E-state index in [-0.39, 0.29) is 24.9 Å². The van der Waals surface area contributed by atoms with Crippen molar-refractivity contribution in [2.45, 2.75) is 62.9 Å². The SMILES string of the molecule is O=C(O)CCC/C=C\C[C@@H]1[C@@H](CCC2(COc3ccccc3)OCCO2)[C@H](O)C[C@@H]1O. The van der Waals surface area contributed by atoms with Gasteiger partial charge in [0, 0.05) is 12.8 Å². The zero-order valence-corrected chi connectivity index (χ0v) is 17.9. The Morgan fingerprint density at radius 1 is 1.10 bits per heavy atom. The maximum Gasteiger partial charge on any atom is 0.303 e. The highest BCUT2D eigenvalue weighted by atomic mass is 16.8. The average Bonchev–Trinajstić information content (AvgIpc) is 3.32. The molecule has 1 heterocycles. The van der Waals surface area contributed by atoms with Crippen LogP contribution in [0.25, 0.3) is 0 Å². The summed E-state index contributed by atoms with van der Waals surface area (Å²) < 4.78 is 17.7. The molecule has 3 rings (SSSR count). The summed E-state index contributed by atoms with van der Waals surface area (Å²) in [7, 11) is 0. The minimum atomic E-state index is -0.833. The number of carbonyl (C=O) groups is 1. The van der Waals surface area contributed by atoms with E-state index < -0.39 is 24.0 Å². The van der Waals surface area contributed by atoms with E-state index in [4.69, 9.17) is 19.3 Å². The second kappa shape index (κ2) is 11.6. The van der Waals surface area contributed by atoms with Crippen LogP contribution in [0, 0.1) is 11.8 Å². The average molecular weight is 435 g/mol. The standard InChI is InChI=1S/C24H34O7/c25-21-16-22(26)20(19(21)10-6-1-2-7-11-23(27)28)12-13-24(30-14-15-31-24)17-29-18-8-4-3-5-9-18/h1,3-6,8-9,19-22,25-26H,2,7,10-17H2,(H,27,28)/b6-1-/t19-,20-,21+,22-/m1/s1. The van der Waals surface area contributed by atoms with Gasteiger partial charge >= 0.3 is 5.97 Å². The number of aliphatic hydroxyl groups is 2. The van der Waals surface area contributed by atoms with Crippen molar-refractivity contribution in [1.29, 1.82) is 0 Å². The van der Waals surface area contributed by atoms with E-state index in [1.54, 1.807) is 0 Å². The van der Waals surface area contributed by atoms with Crippen molar-refractivity contribution >= 4 is 5.97 Å². The first-order valence-electron chi connectivity index (χ1n) is 11.2. The van der Waals surface area contributed by atoms with Crippen LogP contribution in [0.2, 0.25) is 0 Å². The van der Waals surface area contributed by atoms with Gasteiger partial charge in [0.25, 0.3) is 0 Å². The van der Waals surface area contributed by atoms with Gasteiger partial charge in [0.15, 0.2) is 0 Å². The first-order valence-corrected chi connectivity index (χ1v) is 11.2. The van der Waals surface area contributed by atoms with Crippen molar-refractivity contribution < 1.29 is 34.3 Å². The minimum absolute atomic E-state index is 0.0424. The summed E-state index contributed by atoms with van der Waals surface area (Å²) >= 11 is 0. The number of unbranched alkanes of at least 4 members (excludes halogenated alkanes) is 1. The third kappa shape index (κ3) is 7.04. The predicted octanol–water partition coefficient (Wildman–Crippen LogP) is 3.15. The van der Waals surface area contributed by atoms with Gasteiger partial charge in [-0.3, -0.25) is 4.79 Å². The Morgan fingerprint density at radius 3 is 2.52 bits per heavy atom. The molecule has 0 bridgehead atoms. The maximum atomic E-state index is 10.6. The molecule has 1 aromatic carbocycles. The molecule has 1 aromatic rings. The van der Waals surface area contributed by atoms with Crippen molar-refractivity contribution in [3.63, 3.8) is 0 Å². The lowest BCUT2D eigenvalue weighted by Crippen LogP contribution is -2.38. The Balaban J connectivity index is 1.52. The Morgan fingerprint density at radius 2 is 1.81 bits per heavy atom. The largest absolute Gasteiger partial charge is 0.488 e. The molecule has 4 atom stereocenters. The van der Waals surface area contributed by atoms with Crippen LogP contribution in [0.3, 0.4) is 0 Å². The van der Waals surface area contributed by atoms with E-state index in [1.807, 2.05) is 42.5 Å². The summed E-state index contributed by atoms with van der Waals surface area (Å²) in [6, 6.07) is 9.53. The molecule has 172 valence electrons. The van der Waals surface area contributed by atoms with Crippen LogP contribution in [0.4, 0.5) is 0 Å². The summed E-state index contributed by atoms with van der Waals surface area (Å²) in [4.78, 5) is 10.6. The van der Waals surface area contributed by atoms with E-state index in [1.165, 1.54) is 0 Å². The number of benzene rings is 1. The molecule has 7 nitrogen and oxygen atoms in total. The molecule has 1 aliphatic carbocycles. The number of aliphatic carboxylic acids is 1. The molecule has 31 heavy (non-hydrogen) atoms. The molecule has 2 fully saturated rings. The van der Waals surface area contributed by atoms with Gasteiger partial charge < -0.3 is 29.5 Å². The number of aliphatic hydroxyl groups excluding tert-OH is 2. The van der Waals surface area contributed by atoms with Crippen LogP contribution in [-0.2, 0) is 14.3 Å². The lowest BCUT2D eigenvalue weighted by molar-refractivity contribution is -0.185. The van der Waals surface area contributed by atoms with Crippen LogP contribution in [0.1, 0.15) is 44.9 Å². The number of ether oxygens (including phenoxy) is 3. The normalized spacial score (nSPS) is 27.7. The Kier molecular flexibility index (Phi) is 8.90. The molecule has 0 spiro atoms. The van der Waals surface area contributed by atoms with E-state index in [0.717, 1.165) is 5.75 Å². The molecule has 0 unspecified atom stereocenters. The van der Waals surface area contributed by atoms with Gasteiger partial charge in [0.05, 0.1) is 25.4 Å². The first kappa shape index (κ1) is 23.7. The lowest BCUT2D eigenvalue weighted by atomic mass is 9.85.